The van der Waals surface area contributed by atoms with Crippen molar-refractivity contribution >= 4 is 53.5 Å². The Labute approximate surface area is 364 Å². The van der Waals surface area contributed by atoms with Crippen LogP contribution >= 0.6 is 11.8 Å². The molecule has 2 heterocycles. The molecule has 2 aliphatic rings. The number of hydrogen-bond donors (Lipinski definition) is 1. The molecule has 0 amide bonds. The lowest BCUT2D eigenvalue weighted by Crippen LogP contribution is -2.66. The van der Waals surface area contributed by atoms with Gasteiger partial charge in [-0.2, -0.15) is 0 Å². The molecule has 0 aromatic carbocycles. The number of esters is 7. The predicted molar refractivity (Wildman–Crippen MR) is 213 cm³/mol. The summed E-state index contributed by atoms with van der Waals surface area (Å²) in [5.41, 5.74) is -1.96. The van der Waals surface area contributed by atoms with Gasteiger partial charge in [0.25, 0.3) is 0 Å². The summed E-state index contributed by atoms with van der Waals surface area (Å²) in [6.07, 6.45) is -10.3. The minimum absolute atomic E-state index is 0.0791. The fraction of sp³-hybridized carbons (Fsp3) is 0.725. The summed E-state index contributed by atoms with van der Waals surface area (Å²) in [5, 5.41) is 10.2. The van der Waals surface area contributed by atoms with Crippen LogP contribution in [0, 0.1) is 5.41 Å². The molecule has 62 heavy (non-hydrogen) atoms. The van der Waals surface area contributed by atoms with Gasteiger partial charge in [-0.05, 0) is 12.2 Å². The molecule has 0 aromatic heterocycles. The molecular weight excluding hydrogens is 848 g/mol. The third-order valence-electron chi connectivity index (χ3n) is 8.63. The van der Waals surface area contributed by atoms with Gasteiger partial charge >= 0.3 is 41.8 Å². The number of hydrogen-bond acceptors (Lipinski definition) is 22. The molecule has 10 atom stereocenters. The first-order chi connectivity index (χ1) is 29.4. The topological polar surface area (TPSA) is 260 Å². The maximum Gasteiger partial charge on any atom is 0.303 e. The number of aliphatic hydroxyl groups excluding tert-OH is 1. The van der Waals surface area contributed by atoms with Crippen molar-refractivity contribution in [3.05, 3.63) is 25.3 Å². The van der Waals surface area contributed by atoms with Crippen molar-refractivity contribution in [3.63, 3.8) is 0 Å². The highest BCUT2D eigenvalue weighted by Gasteiger charge is 2.57. The minimum atomic E-state index is -1.79. The standard InChI is InChI=1S/C40H60O21S/c1-10-13-49-20-40(19-41,21-50-14-11-2)22-51-15-12-16-62-39-37(58-29(9)48)35(56-27(7)46)33(31(60-39)18-53-24(4)43)61-38-36(57-28(8)47)34(55-26(6)45)32(54-25(5)44)30(59-38)17-52-23(3)42/h10-11,30-39,41H,1-2,12-22H2,3-9H3/t30-,31-,32+,33-,34+,35+,36-,37-,38+,39+/m1/s1. The highest BCUT2D eigenvalue weighted by atomic mass is 32.2. The molecule has 0 aromatic rings. The van der Waals surface area contributed by atoms with Gasteiger partial charge in [-0.15, -0.1) is 24.9 Å². The second-order valence-electron chi connectivity index (χ2n) is 14.2. The summed E-state index contributed by atoms with van der Waals surface area (Å²) < 4.78 is 74.4. The SMILES string of the molecule is C=CCOCC(CO)(COCC=C)COCCCS[C@@H]1O[C@H](COC(C)=O)[C@@H](O[C@@H]2O[C@H](COC(C)=O)[C@H](OC(C)=O)[C@H](OC(C)=O)[C@H]2OC(C)=O)[C@H](OC(C)=O)[C@H]1OC(C)=O. The van der Waals surface area contributed by atoms with Crippen LogP contribution in [-0.4, -0.2) is 173 Å². The monoisotopic (exact) mass is 908 g/mol. The van der Waals surface area contributed by atoms with E-state index in [1.165, 1.54) is 0 Å². The number of carbonyl (C=O) groups is 7. The number of ether oxygens (including phenoxy) is 13. The van der Waals surface area contributed by atoms with Gasteiger partial charge in [-0.3, -0.25) is 33.6 Å². The van der Waals surface area contributed by atoms with E-state index in [2.05, 4.69) is 13.2 Å². The first-order valence-corrected chi connectivity index (χ1v) is 20.7. The molecule has 0 bridgehead atoms. The molecule has 21 nitrogen and oxygen atoms in total. The molecule has 22 heteroatoms. The predicted octanol–water partition coefficient (Wildman–Crippen LogP) is 1.13. The lowest BCUT2D eigenvalue weighted by atomic mass is 9.92. The van der Waals surface area contributed by atoms with Crippen LogP contribution in [0.2, 0.25) is 0 Å². The van der Waals surface area contributed by atoms with Gasteiger partial charge in [0.05, 0.1) is 45.1 Å². The molecule has 2 aliphatic heterocycles. The van der Waals surface area contributed by atoms with E-state index in [0.29, 0.717) is 12.2 Å². The lowest BCUT2D eigenvalue weighted by Gasteiger charge is -2.48. The molecule has 2 saturated heterocycles. The molecule has 0 aliphatic carbocycles. The average Bonchev–Trinajstić information content (AvgIpc) is 3.17. The van der Waals surface area contributed by atoms with Crippen molar-refractivity contribution < 1.29 is 100 Å². The molecule has 1 N–H and O–H groups in total. The highest BCUT2D eigenvalue weighted by Crippen LogP contribution is 2.38. The Kier molecular flexibility index (Phi) is 24.2. The van der Waals surface area contributed by atoms with Crippen molar-refractivity contribution in [2.45, 2.75) is 115 Å². The van der Waals surface area contributed by atoms with Crippen LogP contribution < -0.4 is 0 Å². The van der Waals surface area contributed by atoms with Crippen molar-refractivity contribution in [2.75, 3.05) is 65.2 Å². The first kappa shape index (κ1) is 54.0. The Balaban J connectivity index is 2.51. The van der Waals surface area contributed by atoms with Gasteiger partial charge in [0.15, 0.2) is 36.8 Å². The van der Waals surface area contributed by atoms with Crippen molar-refractivity contribution in [3.8, 4) is 0 Å². The summed E-state index contributed by atoms with van der Waals surface area (Å²) in [7, 11) is 0. The molecule has 2 fully saturated rings. The Hall–Kier alpha value is -4.16. The van der Waals surface area contributed by atoms with Gasteiger partial charge in [0, 0.05) is 55.1 Å². The number of carbonyl (C=O) groups excluding carboxylic acids is 7. The molecule has 0 saturated carbocycles. The highest BCUT2D eigenvalue weighted by molar-refractivity contribution is 7.99. The summed E-state index contributed by atoms with van der Waals surface area (Å²) in [4.78, 5) is 86.5. The average molecular weight is 909 g/mol. The van der Waals surface area contributed by atoms with Crippen molar-refractivity contribution in [1.29, 1.82) is 0 Å². The minimum Gasteiger partial charge on any atom is -0.463 e. The van der Waals surface area contributed by atoms with Gasteiger partial charge in [0.2, 0.25) is 0 Å². The van der Waals surface area contributed by atoms with Crippen LogP contribution in [0.1, 0.15) is 54.9 Å². The molecule has 0 unspecified atom stereocenters. The third-order valence-corrected chi connectivity index (χ3v) is 9.86. The normalized spacial score (nSPS) is 25.9. The zero-order valence-electron chi connectivity index (χ0n) is 36.1. The molecule has 2 rings (SSSR count). The third kappa shape index (κ3) is 18.7. The summed E-state index contributed by atoms with van der Waals surface area (Å²) in [6.45, 7) is 14.5. The Morgan fingerprint density at radius 2 is 1.02 bits per heavy atom. The number of thioether (sulfide) groups is 1. The Morgan fingerprint density at radius 1 is 0.581 bits per heavy atom. The van der Waals surface area contributed by atoms with E-state index in [1.807, 2.05) is 0 Å². The van der Waals surface area contributed by atoms with Crippen LogP contribution in [0.15, 0.2) is 25.3 Å². The van der Waals surface area contributed by atoms with Crippen LogP contribution in [0.3, 0.4) is 0 Å². The molecule has 0 spiro atoms. The zero-order valence-corrected chi connectivity index (χ0v) is 37.0. The Bertz CT molecular complexity index is 1490. The van der Waals surface area contributed by atoms with Gasteiger partial charge < -0.3 is 66.7 Å². The van der Waals surface area contributed by atoms with E-state index in [0.717, 1.165) is 60.2 Å². The smallest absolute Gasteiger partial charge is 0.303 e. The summed E-state index contributed by atoms with van der Waals surface area (Å²) >= 11 is 1.15. The van der Waals surface area contributed by atoms with E-state index in [4.69, 9.17) is 61.6 Å². The fourth-order valence-corrected chi connectivity index (χ4v) is 7.37. The Morgan fingerprint density at radius 3 is 1.48 bits per heavy atom. The maximum atomic E-state index is 12.7. The second kappa shape index (κ2) is 27.8. The van der Waals surface area contributed by atoms with E-state index >= 15 is 0 Å². The van der Waals surface area contributed by atoms with E-state index in [-0.39, 0.29) is 46.2 Å². The van der Waals surface area contributed by atoms with Crippen molar-refractivity contribution in [1.82, 2.24) is 0 Å². The van der Waals surface area contributed by atoms with Crippen LogP contribution in [-0.2, 0) is 95.1 Å². The summed E-state index contributed by atoms with van der Waals surface area (Å²) in [6, 6.07) is 0. The van der Waals surface area contributed by atoms with Crippen molar-refractivity contribution in [2.24, 2.45) is 5.41 Å². The van der Waals surface area contributed by atoms with Gasteiger partial charge in [-0.1, -0.05) is 12.2 Å². The van der Waals surface area contributed by atoms with E-state index < -0.39 is 121 Å². The van der Waals surface area contributed by atoms with E-state index in [1.54, 1.807) is 12.2 Å². The number of aliphatic hydroxyl groups is 1. The second-order valence-corrected chi connectivity index (χ2v) is 15.4. The van der Waals surface area contributed by atoms with E-state index in [9.17, 15) is 38.7 Å². The molecule has 352 valence electrons. The maximum absolute atomic E-state index is 12.7. The summed E-state index contributed by atoms with van der Waals surface area (Å²) in [5.74, 6) is -5.49. The molecule has 0 radical (unpaired) electrons. The van der Waals surface area contributed by atoms with Crippen LogP contribution in [0.25, 0.3) is 0 Å². The van der Waals surface area contributed by atoms with Crippen LogP contribution in [0.4, 0.5) is 0 Å². The lowest BCUT2D eigenvalue weighted by molar-refractivity contribution is -0.341. The van der Waals surface area contributed by atoms with Gasteiger partial charge in [-0.25, -0.2) is 0 Å². The van der Waals surface area contributed by atoms with Gasteiger partial charge in [0.1, 0.15) is 37.0 Å². The molecular formula is C40H60O21S. The largest absolute Gasteiger partial charge is 0.463 e. The quantitative estimate of drug-likeness (QED) is 0.0524. The van der Waals surface area contributed by atoms with Crippen LogP contribution in [0.5, 0.6) is 0 Å². The zero-order chi connectivity index (χ0) is 46.4. The fourth-order valence-electron chi connectivity index (χ4n) is 6.24. The number of rotatable bonds is 27. The first-order valence-electron chi connectivity index (χ1n) is 19.6.